The zero-order chi connectivity index (χ0) is 15.1. The Morgan fingerprint density at radius 1 is 1.00 bits per heavy atom. The van der Waals surface area contributed by atoms with Crippen molar-refractivity contribution in [3.8, 4) is 0 Å². The van der Waals surface area contributed by atoms with Crippen LogP contribution in [0.2, 0.25) is 0 Å². The van der Waals surface area contributed by atoms with Crippen LogP contribution in [0.1, 0.15) is 59.3 Å². The van der Waals surface area contributed by atoms with Crippen molar-refractivity contribution >= 4 is 11.8 Å². The fraction of sp³-hybridized carbons (Fsp3) is 0.684. The number of aliphatic hydroxyl groups is 1. The third-order valence-electron chi connectivity index (χ3n) is 5.65. The molecule has 21 heavy (non-hydrogen) atoms. The molecule has 3 rings (SSSR count). The van der Waals surface area contributed by atoms with Crippen LogP contribution in [-0.2, 0) is 0 Å². The van der Waals surface area contributed by atoms with Crippen molar-refractivity contribution in [1.82, 2.24) is 0 Å². The lowest BCUT2D eigenvalue weighted by Gasteiger charge is -2.45. The van der Waals surface area contributed by atoms with Gasteiger partial charge < -0.3 is 5.11 Å². The molecule has 1 nitrogen and oxygen atoms in total. The first kappa shape index (κ1) is 15.4. The van der Waals surface area contributed by atoms with Crippen LogP contribution in [0.25, 0.3) is 0 Å². The molecule has 1 aromatic rings. The van der Waals surface area contributed by atoms with E-state index in [1.165, 1.54) is 30.6 Å². The lowest BCUT2D eigenvalue weighted by molar-refractivity contribution is -0.0323. The summed E-state index contributed by atoms with van der Waals surface area (Å²) in [5, 5.41) is 11.3. The zero-order valence-corrected chi connectivity index (χ0v) is 14.4. The molecule has 2 saturated carbocycles. The monoisotopic (exact) mass is 304 g/mol. The van der Waals surface area contributed by atoms with E-state index in [4.69, 9.17) is 0 Å². The second-order valence-electron chi connectivity index (χ2n) is 8.08. The van der Waals surface area contributed by atoms with Crippen LogP contribution in [0.15, 0.2) is 35.2 Å². The van der Waals surface area contributed by atoms with Gasteiger partial charge in [0.2, 0.25) is 0 Å². The molecule has 0 spiro atoms. The van der Waals surface area contributed by atoms with Gasteiger partial charge in [-0.2, -0.15) is 0 Å². The number of benzene rings is 1. The van der Waals surface area contributed by atoms with E-state index in [1.54, 1.807) is 0 Å². The molecule has 0 saturated heterocycles. The van der Waals surface area contributed by atoms with Crippen molar-refractivity contribution in [2.24, 2.45) is 11.3 Å². The van der Waals surface area contributed by atoms with Crippen LogP contribution >= 0.6 is 11.8 Å². The molecule has 2 aliphatic rings. The Labute approximate surface area is 133 Å². The molecule has 0 amide bonds. The van der Waals surface area contributed by atoms with E-state index in [0.717, 1.165) is 18.8 Å². The van der Waals surface area contributed by atoms with Crippen LogP contribution in [0, 0.1) is 11.3 Å². The van der Waals surface area contributed by atoms with Crippen LogP contribution in [0.4, 0.5) is 0 Å². The predicted molar refractivity (Wildman–Crippen MR) is 90.6 cm³/mol. The number of rotatable bonds is 3. The quantitative estimate of drug-likeness (QED) is 0.820. The lowest BCUT2D eigenvalue weighted by Crippen LogP contribution is -2.46. The van der Waals surface area contributed by atoms with Gasteiger partial charge in [0.1, 0.15) is 0 Å². The minimum Gasteiger partial charge on any atom is -0.388 e. The van der Waals surface area contributed by atoms with E-state index in [1.807, 2.05) is 11.8 Å². The van der Waals surface area contributed by atoms with Crippen molar-refractivity contribution in [3.63, 3.8) is 0 Å². The Balaban J connectivity index is 1.69. The third-order valence-corrected chi connectivity index (χ3v) is 7.33. The van der Waals surface area contributed by atoms with Gasteiger partial charge in [0.25, 0.3) is 0 Å². The van der Waals surface area contributed by atoms with Gasteiger partial charge in [-0.05, 0) is 62.0 Å². The van der Waals surface area contributed by atoms with Crippen molar-refractivity contribution in [1.29, 1.82) is 0 Å². The Morgan fingerprint density at radius 2 is 1.57 bits per heavy atom. The van der Waals surface area contributed by atoms with E-state index < -0.39 is 5.60 Å². The smallest absolute Gasteiger partial charge is 0.0797 e. The van der Waals surface area contributed by atoms with Crippen molar-refractivity contribution in [2.45, 2.75) is 74.5 Å². The maximum Gasteiger partial charge on any atom is 0.0797 e. The fourth-order valence-corrected chi connectivity index (χ4v) is 5.35. The van der Waals surface area contributed by atoms with Gasteiger partial charge in [0.05, 0.1) is 5.60 Å². The van der Waals surface area contributed by atoms with Crippen molar-refractivity contribution in [2.75, 3.05) is 0 Å². The first-order chi connectivity index (χ1) is 9.85. The summed E-state index contributed by atoms with van der Waals surface area (Å²) in [5.74, 6) is 0.760. The van der Waals surface area contributed by atoms with Gasteiger partial charge in [0, 0.05) is 9.64 Å². The summed E-state index contributed by atoms with van der Waals surface area (Å²) in [6.07, 6.45) is 6.66. The molecule has 0 heterocycles. The summed E-state index contributed by atoms with van der Waals surface area (Å²) in [5.41, 5.74) is -0.0696. The van der Waals surface area contributed by atoms with Gasteiger partial charge in [-0.25, -0.2) is 0 Å². The summed E-state index contributed by atoms with van der Waals surface area (Å²) in [6, 6.07) is 10.6. The average molecular weight is 304 g/mol. The van der Waals surface area contributed by atoms with E-state index in [-0.39, 0.29) is 4.75 Å². The van der Waals surface area contributed by atoms with Gasteiger partial charge in [-0.15, -0.1) is 11.8 Å². The molecule has 2 fully saturated rings. The highest BCUT2D eigenvalue weighted by Gasteiger charge is 2.60. The topological polar surface area (TPSA) is 20.2 Å². The van der Waals surface area contributed by atoms with Gasteiger partial charge in [-0.3, -0.25) is 0 Å². The molecule has 0 bridgehead atoms. The molecule has 2 aliphatic carbocycles. The molecule has 0 unspecified atom stereocenters. The Morgan fingerprint density at radius 3 is 2.05 bits per heavy atom. The van der Waals surface area contributed by atoms with Crippen LogP contribution < -0.4 is 0 Å². The van der Waals surface area contributed by atoms with Crippen molar-refractivity contribution in [3.05, 3.63) is 30.3 Å². The standard InChI is InChI=1S/C19H28OS/c1-17(2,3)15-9-11-18(20,12-10-15)19(13-14-19)21-16-7-5-4-6-8-16/h4-8,15,20H,9-14H2,1-3H3. The molecule has 116 valence electrons. The van der Waals surface area contributed by atoms with E-state index in [9.17, 15) is 5.11 Å². The highest BCUT2D eigenvalue weighted by molar-refractivity contribution is 8.01. The number of hydrogen-bond acceptors (Lipinski definition) is 2. The van der Waals surface area contributed by atoms with Crippen LogP contribution in [0.3, 0.4) is 0 Å². The van der Waals surface area contributed by atoms with E-state index in [0.29, 0.717) is 5.41 Å². The molecular weight excluding hydrogens is 276 g/mol. The van der Waals surface area contributed by atoms with Crippen LogP contribution in [-0.4, -0.2) is 15.5 Å². The predicted octanol–water partition coefficient (Wildman–Crippen LogP) is 5.28. The fourth-order valence-electron chi connectivity index (χ4n) is 3.91. The van der Waals surface area contributed by atoms with Gasteiger partial charge in [0.15, 0.2) is 0 Å². The molecular formula is C19H28OS. The lowest BCUT2D eigenvalue weighted by atomic mass is 9.67. The molecule has 0 radical (unpaired) electrons. The van der Waals surface area contributed by atoms with Crippen LogP contribution in [0.5, 0.6) is 0 Å². The molecule has 0 atom stereocenters. The molecule has 1 aromatic carbocycles. The molecule has 0 aromatic heterocycles. The molecule has 0 aliphatic heterocycles. The number of hydrogen-bond donors (Lipinski definition) is 1. The highest BCUT2D eigenvalue weighted by atomic mass is 32.2. The minimum absolute atomic E-state index is 0.0945. The summed E-state index contributed by atoms with van der Waals surface area (Å²) in [7, 11) is 0. The van der Waals surface area contributed by atoms with E-state index in [2.05, 4.69) is 51.1 Å². The van der Waals surface area contributed by atoms with Gasteiger partial charge >= 0.3 is 0 Å². The van der Waals surface area contributed by atoms with E-state index >= 15 is 0 Å². The zero-order valence-electron chi connectivity index (χ0n) is 13.6. The summed E-state index contributed by atoms with van der Waals surface area (Å²) in [6.45, 7) is 7.02. The minimum atomic E-state index is -0.449. The van der Waals surface area contributed by atoms with Gasteiger partial charge in [-0.1, -0.05) is 39.0 Å². The Hall–Kier alpha value is -0.470. The number of thioether (sulfide) groups is 1. The largest absolute Gasteiger partial charge is 0.388 e. The molecule has 2 heteroatoms. The second kappa shape index (κ2) is 5.31. The summed E-state index contributed by atoms with van der Waals surface area (Å²) < 4.78 is 0.0945. The highest BCUT2D eigenvalue weighted by Crippen LogP contribution is 2.62. The molecule has 1 N–H and O–H groups in total. The summed E-state index contributed by atoms with van der Waals surface area (Å²) >= 11 is 1.92. The Bertz CT molecular complexity index is 476. The normalized spacial score (nSPS) is 31.9. The third kappa shape index (κ3) is 3.03. The maximum atomic E-state index is 11.3. The Kier molecular flexibility index (Phi) is 3.90. The van der Waals surface area contributed by atoms with Crippen molar-refractivity contribution < 1.29 is 5.11 Å². The average Bonchev–Trinajstić information content (AvgIpc) is 3.21. The summed E-state index contributed by atoms with van der Waals surface area (Å²) in [4.78, 5) is 1.31. The first-order valence-electron chi connectivity index (χ1n) is 8.31. The first-order valence-corrected chi connectivity index (χ1v) is 9.13. The second-order valence-corrected chi connectivity index (χ2v) is 9.54. The maximum absolute atomic E-state index is 11.3. The SMILES string of the molecule is CC(C)(C)C1CCC(O)(C2(Sc3ccccc3)CC2)CC1.